The lowest BCUT2D eigenvalue weighted by Crippen LogP contribution is -2.67. The van der Waals surface area contributed by atoms with Crippen LogP contribution in [0.2, 0.25) is 0 Å². The third-order valence-electron chi connectivity index (χ3n) is 6.63. The summed E-state index contributed by atoms with van der Waals surface area (Å²) in [5.41, 5.74) is 3.24. The minimum Gasteiger partial charge on any atom is -0.389 e. The van der Waals surface area contributed by atoms with E-state index in [0.717, 1.165) is 23.1 Å². The highest BCUT2D eigenvalue weighted by Crippen LogP contribution is 2.31. The Balaban J connectivity index is 1.52. The normalized spacial score (nSPS) is 25.3. The molecule has 1 fully saturated rings. The van der Waals surface area contributed by atoms with Crippen LogP contribution in [0.25, 0.3) is 0 Å². The molecule has 0 radical (unpaired) electrons. The van der Waals surface area contributed by atoms with Crippen LogP contribution in [0.1, 0.15) is 30.0 Å². The highest BCUT2D eigenvalue weighted by atomic mass is 16.5. The second kappa shape index (κ2) is 12.2. The first kappa shape index (κ1) is 24.6. The molecule has 180 valence electrons. The summed E-state index contributed by atoms with van der Waals surface area (Å²) in [7, 11) is 0. The molecule has 0 bridgehead atoms. The van der Waals surface area contributed by atoms with Crippen molar-refractivity contribution < 1.29 is 19.7 Å². The predicted octanol–water partition coefficient (Wildman–Crippen LogP) is 4.17. The minimum absolute atomic E-state index is 0.158. The van der Waals surface area contributed by atoms with Gasteiger partial charge in [0.1, 0.15) is 12.2 Å². The number of nitrogens with zero attached hydrogens (tertiary/aromatic N) is 1. The number of hydrogen-bond donors (Lipinski definition) is 2. The van der Waals surface area contributed by atoms with E-state index in [1.54, 1.807) is 0 Å². The van der Waals surface area contributed by atoms with Gasteiger partial charge in [-0.15, -0.1) is 0 Å². The van der Waals surface area contributed by atoms with E-state index in [1.807, 2.05) is 78.9 Å². The third kappa shape index (κ3) is 6.12. The molecular weight excluding hydrogens is 426 g/mol. The number of piperidine rings is 1. The van der Waals surface area contributed by atoms with Crippen LogP contribution in [0.5, 0.6) is 0 Å². The van der Waals surface area contributed by atoms with Gasteiger partial charge in [0, 0.05) is 12.6 Å². The van der Waals surface area contributed by atoms with E-state index in [0.29, 0.717) is 26.4 Å². The van der Waals surface area contributed by atoms with Crippen LogP contribution in [0.15, 0.2) is 91.0 Å². The standard InChI is InChI=1S/C29H35NO4/c1-2-25-27(31)29(34-20-24-16-10-5-11-17-24)28(32)26(21-33-19-23-14-8-4-9-15-23)30(25)18-22-12-6-3-7-13-22/h3-17,25-29,31-32H,2,18-21H2,1H3/t25-,26-,27+,28-,29-/m1/s1. The van der Waals surface area contributed by atoms with Crippen molar-refractivity contribution in [2.75, 3.05) is 6.61 Å². The Bertz CT molecular complexity index is 967. The van der Waals surface area contributed by atoms with Gasteiger partial charge in [0.2, 0.25) is 0 Å². The topological polar surface area (TPSA) is 62.2 Å². The van der Waals surface area contributed by atoms with Gasteiger partial charge in [-0.25, -0.2) is 0 Å². The monoisotopic (exact) mass is 461 g/mol. The van der Waals surface area contributed by atoms with Gasteiger partial charge in [-0.1, -0.05) is 97.9 Å². The molecule has 0 amide bonds. The third-order valence-corrected chi connectivity index (χ3v) is 6.63. The Morgan fingerprint density at radius 2 is 1.18 bits per heavy atom. The van der Waals surface area contributed by atoms with E-state index in [2.05, 4.69) is 24.0 Å². The Morgan fingerprint density at radius 3 is 1.74 bits per heavy atom. The van der Waals surface area contributed by atoms with Crippen LogP contribution < -0.4 is 0 Å². The summed E-state index contributed by atoms with van der Waals surface area (Å²) < 4.78 is 12.2. The van der Waals surface area contributed by atoms with E-state index < -0.39 is 18.3 Å². The van der Waals surface area contributed by atoms with Crippen molar-refractivity contribution in [1.29, 1.82) is 0 Å². The Labute approximate surface area is 202 Å². The summed E-state index contributed by atoms with van der Waals surface area (Å²) in [6.07, 6.45) is -1.65. The molecule has 0 unspecified atom stereocenters. The van der Waals surface area contributed by atoms with Crippen molar-refractivity contribution in [3.63, 3.8) is 0 Å². The van der Waals surface area contributed by atoms with Gasteiger partial charge in [0.05, 0.1) is 32.0 Å². The first-order valence-corrected chi connectivity index (χ1v) is 12.1. The molecule has 5 nitrogen and oxygen atoms in total. The molecule has 1 aliphatic heterocycles. The number of likely N-dealkylation sites (tertiary alicyclic amines) is 1. The first-order chi connectivity index (χ1) is 16.7. The zero-order valence-electron chi connectivity index (χ0n) is 19.7. The van der Waals surface area contributed by atoms with Gasteiger partial charge in [-0.2, -0.15) is 0 Å². The average molecular weight is 462 g/mol. The maximum atomic E-state index is 11.4. The van der Waals surface area contributed by atoms with E-state index in [9.17, 15) is 10.2 Å². The van der Waals surface area contributed by atoms with E-state index in [-0.39, 0.29) is 12.1 Å². The minimum atomic E-state index is -0.888. The van der Waals surface area contributed by atoms with Gasteiger partial charge < -0.3 is 19.7 Å². The molecule has 2 N–H and O–H groups in total. The van der Waals surface area contributed by atoms with Crippen molar-refractivity contribution in [1.82, 2.24) is 4.90 Å². The molecule has 4 rings (SSSR count). The van der Waals surface area contributed by atoms with Crippen molar-refractivity contribution in [3.8, 4) is 0 Å². The number of aliphatic hydroxyl groups excluding tert-OH is 2. The van der Waals surface area contributed by atoms with Crippen molar-refractivity contribution >= 4 is 0 Å². The molecular formula is C29H35NO4. The summed E-state index contributed by atoms with van der Waals surface area (Å²) in [6, 6.07) is 29.6. The molecule has 0 saturated carbocycles. The summed E-state index contributed by atoms with van der Waals surface area (Å²) in [4.78, 5) is 2.19. The molecule has 0 aromatic heterocycles. The zero-order chi connectivity index (χ0) is 23.8. The van der Waals surface area contributed by atoms with Gasteiger partial charge in [-0.05, 0) is 23.1 Å². The number of ether oxygens (including phenoxy) is 2. The Kier molecular flexibility index (Phi) is 8.85. The molecule has 1 saturated heterocycles. The van der Waals surface area contributed by atoms with E-state index in [4.69, 9.17) is 9.47 Å². The fourth-order valence-corrected chi connectivity index (χ4v) is 4.81. The first-order valence-electron chi connectivity index (χ1n) is 12.1. The summed E-state index contributed by atoms with van der Waals surface area (Å²) >= 11 is 0. The smallest absolute Gasteiger partial charge is 0.113 e. The number of benzene rings is 3. The zero-order valence-corrected chi connectivity index (χ0v) is 19.7. The van der Waals surface area contributed by atoms with Crippen molar-refractivity contribution in [2.45, 2.75) is 63.5 Å². The summed E-state index contributed by atoms with van der Waals surface area (Å²) in [5, 5.41) is 22.7. The Hall–Kier alpha value is -2.54. The fourth-order valence-electron chi connectivity index (χ4n) is 4.81. The second-order valence-electron chi connectivity index (χ2n) is 8.94. The van der Waals surface area contributed by atoms with E-state index >= 15 is 0 Å². The number of hydrogen-bond acceptors (Lipinski definition) is 5. The molecule has 1 aliphatic rings. The van der Waals surface area contributed by atoms with Crippen molar-refractivity contribution in [3.05, 3.63) is 108 Å². The molecule has 34 heavy (non-hydrogen) atoms. The molecule has 5 heteroatoms. The number of aliphatic hydroxyl groups is 2. The van der Waals surface area contributed by atoms with Crippen LogP contribution >= 0.6 is 0 Å². The largest absolute Gasteiger partial charge is 0.389 e. The summed E-state index contributed by atoms with van der Waals surface area (Å²) in [5.74, 6) is 0. The quantitative estimate of drug-likeness (QED) is 0.475. The molecule has 0 spiro atoms. The SMILES string of the molecule is CC[C@@H]1[C@H](O)[C@@H](OCc2ccccc2)[C@H](O)[C@@H](COCc2ccccc2)N1Cc1ccccc1. The van der Waals surface area contributed by atoms with Gasteiger partial charge in [0.25, 0.3) is 0 Å². The lowest BCUT2D eigenvalue weighted by molar-refractivity contribution is -0.199. The van der Waals surface area contributed by atoms with Gasteiger partial charge in [-0.3, -0.25) is 4.90 Å². The average Bonchev–Trinajstić information content (AvgIpc) is 2.88. The van der Waals surface area contributed by atoms with Crippen LogP contribution in [-0.2, 0) is 29.2 Å². The van der Waals surface area contributed by atoms with Gasteiger partial charge in [0.15, 0.2) is 0 Å². The molecule has 1 heterocycles. The highest BCUT2D eigenvalue weighted by molar-refractivity contribution is 5.17. The number of rotatable bonds is 10. The fraction of sp³-hybridized carbons (Fsp3) is 0.379. The maximum absolute atomic E-state index is 11.4. The highest BCUT2D eigenvalue weighted by Gasteiger charge is 2.48. The summed E-state index contributed by atoms with van der Waals surface area (Å²) in [6.45, 7) is 3.85. The molecule has 5 atom stereocenters. The predicted molar refractivity (Wildman–Crippen MR) is 133 cm³/mol. The Morgan fingerprint density at radius 1 is 0.676 bits per heavy atom. The van der Waals surface area contributed by atoms with Crippen molar-refractivity contribution in [2.24, 2.45) is 0 Å². The second-order valence-corrected chi connectivity index (χ2v) is 8.94. The van der Waals surface area contributed by atoms with Gasteiger partial charge >= 0.3 is 0 Å². The molecule has 3 aromatic rings. The molecule has 0 aliphatic carbocycles. The lowest BCUT2D eigenvalue weighted by atomic mass is 9.86. The molecule has 3 aromatic carbocycles. The maximum Gasteiger partial charge on any atom is 0.113 e. The lowest BCUT2D eigenvalue weighted by Gasteiger charge is -2.50. The van der Waals surface area contributed by atoms with Crippen LogP contribution in [-0.4, -0.2) is 52.1 Å². The van der Waals surface area contributed by atoms with Crippen LogP contribution in [0.4, 0.5) is 0 Å². The van der Waals surface area contributed by atoms with Crippen LogP contribution in [0.3, 0.4) is 0 Å². The van der Waals surface area contributed by atoms with E-state index in [1.165, 1.54) is 0 Å². The van der Waals surface area contributed by atoms with Crippen LogP contribution in [0, 0.1) is 0 Å².